The van der Waals surface area contributed by atoms with Gasteiger partial charge in [0, 0.05) is 31.1 Å². The second kappa shape index (κ2) is 8.09. The van der Waals surface area contributed by atoms with Gasteiger partial charge in [0.2, 0.25) is 10.0 Å². The predicted octanol–water partition coefficient (Wildman–Crippen LogP) is 2.03. The number of likely N-dealkylation sites (N-methyl/N-ethyl adjacent to an activating group) is 1. The van der Waals surface area contributed by atoms with Crippen molar-refractivity contribution in [3.05, 3.63) is 52.2 Å². The van der Waals surface area contributed by atoms with Crippen LogP contribution in [0.1, 0.15) is 21.3 Å². The van der Waals surface area contributed by atoms with Crippen LogP contribution in [0.3, 0.4) is 0 Å². The van der Waals surface area contributed by atoms with E-state index in [4.69, 9.17) is 0 Å². The topological polar surface area (TPSA) is 69.7 Å². The number of hydrogen-bond acceptors (Lipinski definition) is 5. The van der Waals surface area contributed by atoms with Gasteiger partial charge in [-0.1, -0.05) is 6.07 Å². The minimum absolute atomic E-state index is 0.0948. The number of hydrogen-bond donors (Lipinski definition) is 1. The van der Waals surface area contributed by atoms with E-state index in [0.29, 0.717) is 12.1 Å². The van der Waals surface area contributed by atoms with Crippen LogP contribution in [0.25, 0.3) is 0 Å². The van der Waals surface area contributed by atoms with Gasteiger partial charge in [0.25, 0.3) is 5.91 Å². The summed E-state index contributed by atoms with van der Waals surface area (Å²) in [7, 11) is 3.40. The minimum atomic E-state index is -3.49. The summed E-state index contributed by atoms with van der Waals surface area (Å²) in [5.74, 6) is -0.225. The molecule has 0 aliphatic rings. The molecule has 136 valence electrons. The Morgan fingerprint density at radius 2 is 1.76 bits per heavy atom. The first-order valence-corrected chi connectivity index (χ1v) is 10.1. The summed E-state index contributed by atoms with van der Waals surface area (Å²) in [5.41, 5.74) is 0.432. The lowest BCUT2D eigenvalue weighted by Crippen LogP contribution is -2.34. The number of thiophene rings is 1. The summed E-state index contributed by atoms with van der Waals surface area (Å²) >= 11 is 1.65. The Bertz CT molecular complexity index is 798. The molecular formula is C17H23N3O3S2. The standard InChI is InChI=1S/C17H23N3O3S2/c1-19(2)15(16-6-5-11-24-16)12-18-17(21)13-7-9-14(10-8-13)25(22,23)20(3)4/h5-11,15H,12H2,1-4H3,(H,18,21)/t15-/m1/s1. The van der Waals surface area contributed by atoms with E-state index in [1.807, 2.05) is 31.6 Å². The van der Waals surface area contributed by atoms with Crippen molar-refractivity contribution in [3.63, 3.8) is 0 Å². The first-order valence-electron chi connectivity index (χ1n) is 7.74. The van der Waals surface area contributed by atoms with Gasteiger partial charge in [-0.15, -0.1) is 11.3 Å². The molecule has 0 saturated heterocycles. The van der Waals surface area contributed by atoms with Crippen molar-refractivity contribution in [3.8, 4) is 0 Å². The fourth-order valence-corrected chi connectivity index (χ4v) is 4.12. The molecule has 0 unspecified atom stereocenters. The monoisotopic (exact) mass is 381 g/mol. The molecule has 1 aromatic heterocycles. The van der Waals surface area contributed by atoms with Gasteiger partial charge in [0.05, 0.1) is 10.9 Å². The lowest BCUT2D eigenvalue weighted by Gasteiger charge is -2.23. The molecule has 6 nitrogen and oxygen atoms in total. The van der Waals surface area contributed by atoms with Crippen molar-refractivity contribution in [1.82, 2.24) is 14.5 Å². The third-order valence-corrected chi connectivity index (χ3v) is 6.65. The van der Waals surface area contributed by atoms with Gasteiger partial charge < -0.3 is 10.2 Å². The van der Waals surface area contributed by atoms with E-state index >= 15 is 0 Å². The van der Waals surface area contributed by atoms with Crippen molar-refractivity contribution in [2.24, 2.45) is 0 Å². The SMILES string of the molecule is CN(C)[C@H](CNC(=O)c1ccc(S(=O)(=O)N(C)C)cc1)c1cccs1. The number of rotatable bonds is 7. The maximum absolute atomic E-state index is 12.4. The van der Waals surface area contributed by atoms with Crippen molar-refractivity contribution in [2.75, 3.05) is 34.7 Å². The molecule has 0 aliphatic heterocycles. The maximum Gasteiger partial charge on any atom is 0.251 e. The highest BCUT2D eigenvalue weighted by Crippen LogP contribution is 2.22. The van der Waals surface area contributed by atoms with Crippen LogP contribution in [0, 0.1) is 0 Å². The zero-order valence-electron chi connectivity index (χ0n) is 14.8. The molecule has 0 bridgehead atoms. The van der Waals surface area contributed by atoms with Crippen LogP contribution in [-0.2, 0) is 10.0 Å². The van der Waals surface area contributed by atoms with E-state index in [1.54, 1.807) is 11.3 Å². The van der Waals surface area contributed by atoms with Gasteiger partial charge in [-0.3, -0.25) is 4.79 Å². The molecule has 1 heterocycles. The van der Waals surface area contributed by atoms with Crippen molar-refractivity contribution >= 4 is 27.3 Å². The molecule has 0 saturated carbocycles. The van der Waals surface area contributed by atoms with Crippen molar-refractivity contribution < 1.29 is 13.2 Å². The fourth-order valence-electron chi connectivity index (χ4n) is 2.30. The van der Waals surface area contributed by atoms with Crippen LogP contribution < -0.4 is 5.32 Å². The van der Waals surface area contributed by atoms with Gasteiger partial charge >= 0.3 is 0 Å². The molecule has 2 aromatic rings. The molecular weight excluding hydrogens is 358 g/mol. The average molecular weight is 382 g/mol. The lowest BCUT2D eigenvalue weighted by atomic mass is 10.2. The number of nitrogens with one attached hydrogen (secondary N) is 1. The van der Waals surface area contributed by atoms with Gasteiger partial charge in [0.1, 0.15) is 0 Å². The highest BCUT2D eigenvalue weighted by Gasteiger charge is 2.19. The largest absolute Gasteiger partial charge is 0.350 e. The number of nitrogens with zero attached hydrogens (tertiary/aromatic N) is 2. The Hall–Kier alpha value is -1.74. The Labute approximate surface area is 153 Å². The first-order chi connectivity index (χ1) is 11.7. The zero-order chi connectivity index (χ0) is 18.6. The van der Waals surface area contributed by atoms with Crippen LogP contribution in [-0.4, -0.2) is 58.3 Å². The summed E-state index contributed by atoms with van der Waals surface area (Å²) in [5, 5.41) is 4.93. The Morgan fingerprint density at radius 1 is 1.12 bits per heavy atom. The number of amides is 1. The fraction of sp³-hybridized carbons (Fsp3) is 0.353. The number of carbonyl (C=O) groups excluding carboxylic acids is 1. The lowest BCUT2D eigenvalue weighted by molar-refractivity contribution is 0.0942. The van der Waals surface area contributed by atoms with Gasteiger partial charge in [-0.2, -0.15) is 0 Å². The Morgan fingerprint density at radius 3 is 2.24 bits per heavy atom. The quantitative estimate of drug-likeness (QED) is 0.797. The molecule has 0 fully saturated rings. The molecule has 25 heavy (non-hydrogen) atoms. The average Bonchev–Trinajstić information content (AvgIpc) is 3.08. The molecule has 0 radical (unpaired) electrons. The van der Waals surface area contributed by atoms with Gasteiger partial charge in [0.15, 0.2) is 0 Å². The normalized spacial score (nSPS) is 13.2. The highest BCUT2D eigenvalue weighted by atomic mass is 32.2. The third-order valence-electron chi connectivity index (χ3n) is 3.85. The smallest absolute Gasteiger partial charge is 0.251 e. The molecule has 1 atom stereocenters. The second-order valence-electron chi connectivity index (χ2n) is 6.02. The summed E-state index contributed by atoms with van der Waals surface area (Å²) in [6, 6.07) is 10.1. The van der Waals surface area contributed by atoms with E-state index < -0.39 is 10.0 Å². The Balaban J connectivity index is 2.06. The zero-order valence-corrected chi connectivity index (χ0v) is 16.4. The molecule has 1 amide bonds. The van der Waals surface area contributed by atoms with E-state index in [0.717, 1.165) is 4.31 Å². The van der Waals surface area contributed by atoms with E-state index in [-0.39, 0.29) is 16.8 Å². The number of sulfonamides is 1. The van der Waals surface area contributed by atoms with Crippen molar-refractivity contribution in [2.45, 2.75) is 10.9 Å². The van der Waals surface area contributed by atoms with E-state index in [1.165, 1.54) is 43.2 Å². The maximum atomic E-state index is 12.4. The van der Waals surface area contributed by atoms with E-state index in [9.17, 15) is 13.2 Å². The highest BCUT2D eigenvalue weighted by molar-refractivity contribution is 7.89. The predicted molar refractivity (Wildman–Crippen MR) is 100 cm³/mol. The second-order valence-corrected chi connectivity index (χ2v) is 9.15. The van der Waals surface area contributed by atoms with Gasteiger partial charge in [-0.25, -0.2) is 12.7 Å². The first kappa shape index (κ1) is 19.6. The van der Waals surface area contributed by atoms with Crippen LogP contribution >= 0.6 is 11.3 Å². The summed E-state index contributed by atoms with van der Waals surface area (Å²) in [4.78, 5) is 15.7. The van der Waals surface area contributed by atoms with Crippen LogP contribution in [0.4, 0.5) is 0 Å². The molecule has 8 heteroatoms. The number of carbonyl (C=O) groups is 1. The minimum Gasteiger partial charge on any atom is -0.350 e. The molecule has 0 aliphatic carbocycles. The van der Waals surface area contributed by atoms with Gasteiger partial charge in [-0.05, 0) is 49.8 Å². The summed E-state index contributed by atoms with van der Waals surface area (Å²) in [6.45, 7) is 0.476. The Kier molecular flexibility index (Phi) is 6.34. The van der Waals surface area contributed by atoms with E-state index in [2.05, 4.69) is 10.2 Å². The summed E-state index contributed by atoms with van der Waals surface area (Å²) < 4.78 is 25.3. The third kappa shape index (κ3) is 4.66. The number of benzene rings is 1. The van der Waals surface area contributed by atoms with Crippen LogP contribution in [0.15, 0.2) is 46.7 Å². The molecule has 2 rings (SSSR count). The molecule has 1 aromatic carbocycles. The van der Waals surface area contributed by atoms with Crippen LogP contribution in [0.5, 0.6) is 0 Å². The summed E-state index contributed by atoms with van der Waals surface area (Å²) in [6.07, 6.45) is 0. The molecule has 0 spiro atoms. The van der Waals surface area contributed by atoms with Crippen LogP contribution in [0.2, 0.25) is 0 Å². The molecule has 1 N–H and O–H groups in total. The van der Waals surface area contributed by atoms with Crippen molar-refractivity contribution in [1.29, 1.82) is 0 Å².